The molecule has 0 aromatic heterocycles. The lowest BCUT2D eigenvalue weighted by atomic mass is 10.1. The zero-order valence-corrected chi connectivity index (χ0v) is 10.3. The first kappa shape index (κ1) is 12.6. The van der Waals surface area contributed by atoms with Crippen LogP contribution in [0.3, 0.4) is 0 Å². The fraction of sp³-hybridized carbons (Fsp3) is 0.800. The summed E-state index contributed by atoms with van der Waals surface area (Å²) in [7, 11) is 0. The van der Waals surface area contributed by atoms with Gasteiger partial charge in [-0.05, 0) is 25.7 Å². The van der Waals surface area contributed by atoms with Gasteiger partial charge in [0.15, 0.2) is 0 Å². The number of hydrogen-bond donors (Lipinski definition) is 1. The zero-order valence-electron chi connectivity index (χ0n) is 8.75. The predicted molar refractivity (Wildman–Crippen MR) is 59.9 cm³/mol. The van der Waals surface area contributed by atoms with E-state index in [2.05, 4.69) is 15.9 Å². The summed E-state index contributed by atoms with van der Waals surface area (Å²) in [5.41, 5.74) is 0. The molecule has 2 amide bonds. The van der Waals surface area contributed by atoms with Crippen molar-refractivity contribution in [3.8, 4) is 0 Å². The average Bonchev–Trinajstić information content (AvgIpc) is 2.26. The van der Waals surface area contributed by atoms with Crippen LogP contribution in [0.15, 0.2) is 0 Å². The Morgan fingerprint density at radius 1 is 1.20 bits per heavy atom. The summed E-state index contributed by atoms with van der Waals surface area (Å²) in [5.74, 6) is -0.137. The van der Waals surface area contributed by atoms with E-state index in [0.29, 0.717) is 25.9 Å². The molecule has 1 aliphatic rings. The molecule has 0 radical (unpaired) electrons. The highest BCUT2D eigenvalue weighted by Gasteiger charge is 2.45. The quantitative estimate of drug-likeness (QED) is 0.637. The Labute approximate surface area is 98.0 Å². The highest BCUT2D eigenvalue weighted by molar-refractivity contribution is 9.09. The van der Waals surface area contributed by atoms with Crippen LogP contribution < -0.4 is 0 Å². The van der Waals surface area contributed by atoms with Crippen molar-refractivity contribution in [2.24, 2.45) is 0 Å². The largest absolute Gasteiger partial charge is 0.521 e. The first-order valence-corrected chi connectivity index (χ1v) is 6.45. The molecule has 86 valence electrons. The van der Waals surface area contributed by atoms with Gasteiger partial charge in [-0.15, -0.1) is 0 Å². The van der Waals surface area contributed by atoms with Gasteiger partial charge in [0.05, 0.1) is 19.5 Å². The van der Waals surface area contributed by atoms with Crippen molar-refractivity contribution in [2.45, 2.75) is 32.1 Å². The number of alkyl halides is 1. The molecule has 1 saturated heterocycles. The summed E-state index contributed by atoms with van der Waals surface area (Å²) in [4.78, 5) is 23.1. The molecule has 1 rings (SSSR count). The van der Waals surface area contributed by atoms with Gasteiger partial charge in [-0.3, -0.25) is 0 Å². The molecule has 0 aromatic carbocycles. The van der Waals surface area contributed by atoms with Gasteiger partial charge in [0.1, 0.15) is 0 Å². The number of carbonyl (C=O) groups is 2. The SMILES string of the molecule is O=C(O)[N+]1(C(=O)CCCBr)CCCCC1. The maximum atomic E-state index is 11.9. The summed E-state index contributed by atoms with van der Waals surface area (Å²) in [6, 6.07) is 0. The van der Waals surface area contributed by atoms with Crippen LogP contribution in [0.1, 0.15) is 32.1 Å². The molecule has 1 fully saturated rings. The number of carboxylic acid groups (broad SMARTS) is 1. The lowest BCUT2D eigenvalue weighted by Crippen LogP contribution is -2.59. The lowest BCUT2D eigenvalue weighted by molar-refractivity contribution is -0.787. The number of nitrogens with zero attached hydrogens (tertiary/aromatic N) is 1. The molecule has 0 aromatic rings. The van der Waals surface area contributed by atoms with Gasteiger partial charge >= 0.3 is 12.0 Å². The first-order valence-electron chi connectivity index (χ1n) is 5.33. The van der Waals surface area contributed by atoms with Crippen LogP contribution in [0.25, 0.3) is 0 Å². The average molecular weight is 279 g/mol. The van der Waals surface area contributed by atoms with E-state index in [9.17, 15) is 14.7 Å². The van der Waals surface area contributed by atoms with Crippen molar-refractivity contribution in [3.63, 3.8) is 0 Å². The predicted octanol–water partition coefficient (Wildman–Crippen LogP) is 2.37. The third kappa shape index (κ3) is 2.78. The van der Waals surface area contributed by atoms with Gasteiger partial charge in [-0.2, -0.15) is 9.28 Å². The molecule has 5 heteroatoms. The third-order valence-electron chi connectivity index (χ3n) is 2.95. The molecule has 0 unspecified atom stereocenters. The molecule has 15 heavy (non-hydrogen) atoms. The molecule has 0 spiro atoms. The van der Waals surface area contributed by atoms with Crippen LogP contribution in [0.4, 0.5) is 4.79 Å². The van der Waals surface area contributed by atoms with Gasteiger partial charge in [0, 0.05) is 5.33 Å². The van der Waals surface area contributed by atoms with Crippen LogP contribution in [-0.4, -0.2) is 40.0 Å². The topological polar surface area (TPSA) is 54.4 Å². The van der Waals surface area contributed by atoms with E-state index in [0.717, 1.165) is 24.6 Å². The van der Waals surface area contributed by atoms with Crippen LogP contribution in [0, 0.1) is 0 Å². The van der Waals surface area contributed by atoms with Crippen molar-refractivity contribution >= 4 is 27.9 Å². The van der Waals surface area contributed by atoms with E-state index in [4.69, 9.17) is 0 Å². The maximum Gasteiger partial charge on any atom is 0.521 e. The van der Waals surface area contributed by atoms with E-state index in [1.807, 2.05) is 0 Å². The minimum Gasteiger partial charge on any atom is -0.435 e. The fourth-order valence-corrected chi connectivity index (χ4v) is 2.31. The van der Waals surface area contributed by atoms with Crippen LogP contribution in [0.2, 0.25) is 0 Å². The van der Waals surface area contributed by atoms with E-state index in [1.54, 1.807) is 0 Å². The van der Waals surface area contributed by atoms with E-state index in [1.165, 1.54) is 0 Å². The molecule has 1 aliphatic heterocycles. The first-order chi connectivity index (χ1) is 7.13. The number of amides is 2. The number of likely N-dealkylation sites (tertiary alicyclic amines) is 1. The Balaban J connectivity index is 2.71. The normalized spacial score (nSPS) is 19.8. The van der Waals surface area contributed by atoms with E-state index < -0.39 is 6.09 Å². The number of carbonyl (C=O) groups excluding carboxylic acids is 1. The fourth-order valence-electron chi connectivity index (χ4n) is 2.03. The summed E-state index contributed by atoms with van der Waals surface area (Å²) in [5, 5.41) is 9.95. The van der Waals surface area contributed by atoms with Gasteiger partial charge in [-0.25, -0.2) is 4.79 Å². The second-order valence-corrected chi connectivity index (χ2v) is 4.74. The zero-order chi connectivity index (χ0) is 11.3. The Morgan fingerprint density at radius 3 is 2.27 bits per heavy atom. The number of quaternary nitrogens is 1. The van der Waals surface area contributed by atoms with Crippen molar-refractivity contribution in [1.82, 2.24) is 0 Å². The van der Waals surface area contributed by atoms with Crippen LogP contribution in [0.5, 0.6) is 0 Å². The summed E-state index contributed by atoms with van der Waals surface area (Å²) in [6.45, 7) is 0.937. The van der Waals surface area contributed by atoms with Crippen LogP contribution in [-0.2, 0) is 4.79 Å². The number of imide groups is 1. The van der Waals surface area contributed by atoms with Crippen molar-refractivity contribution < 1.29 is 19.2 Å². The monoisotopic (exact) mass is 278 g/mol. The summed E-state index contributed by atoms with van der Waals surface area (Å²) >= 11 is 3.25. The van der Waals surface area contributed by atoms with E-state index in [-0.39, 0.29) is 10.4 Å². The Kier molecular flexibility index (Phi) is 4.73. The molecule has 0 bridgehead atoms. The maximum absolute atomic E-state index is 11.9. The molecule has 1 heterocycles. The molecular weight excluding hydrogens is 262 g/mol. The van der Waals surface area contributed by atoms with Gasteiger partial charge in [0.25, 0.3) is 0 Å². The van der Waals surface area contributed by atoms with Gasteiger partial charge in [0.2, 0.25) is 0 Å². The van der Waals surface area contributed by atoms with Gasteiger partial charge < -0.3 is 5.11 Å². The smallest absolute Gasteiger partial charge is 0.435 e. The minimum absolute atomic E-state index is 0.137. The Bertz CT molecular complexity index is 249. The number of piperidine rings is 1. The second kappa shape index (κ2) is 5.61. The molecule has 4 nitrogen and oxygen atoms in total. The van der Waals surface area contributed by atoms with Crippen molar-refractivity contribution in [1.29, 1.82) is 0 Å². The summed E-state index contributed by atoms with van der Waals surface area (Å²) < 4.78 is -0.340. The number of hydrogen-bond acceptors (Lipinski definition) is 2. The third-order valence-corrected chi connectivity index (χ3v) is 3.51. The van der Waals surface area contributed by atoms with Crippen molar-refractivity contribution in [3.05, 3.63) is 0 Å². The highest BCUT2D eigenvalue weighted by Crippen LogP contribution is 2.21. The molecule has 0 aliphatic carbocycles. The van der Waals surface area contributed by atoms with Crippen molar-refractivity contribution in [2.75, 3.05) is 18.4 Å². The van der Waals surface area contributed by atoms with Crippen LogP contribution >= 0.6 is 15.9 Å². The molecule has 0 saturated carbocycles. The Hall–Kier alpha value is -0.420. The molecule has 0 atom stereocenters. The second-order valence-electron chi connectivity index (χ2n) is 3.94. The molecular formula is C10H17BrNO3+. The van der Waals surface area contributed by atoms with Gasteiger partial charge in [-0.1, -0.05) is 15.9 Å². The summed E-state index contributed by atoms with van der Waals surface area (Å²) in [6.07, 6.45) is 2.82. The number of halogens is 1. The highest BCUT2D eigenvalue weighted by atomic mass is 79.9. The minimum atomic E-state index is -0.978. The number of rotatable bonds is 3. The standard InChI is InChI=1S/C10H16BrNO3/c11-6-4-5-9(13)12(10(14)15)7-2-1-3-8-12/h1-8H2/p+1. The molecule has 1 N–H and O–H groups in total. The van der Waals surface area contributed by atoms with E-state index >= 15 is 0 Å². The lowest BCUT2D eigenvalue weighted by Gasteiger charge is -2.33. The Morgan fingerprint density at radius 2 is 1.80 bits per heavy atom.